The average molecular weight is 421 g/mol. The number of amides is 1. The molecule has 31 heavy (non-hydrogen) atoms. The topological polar surface area (TPSA) is 48.5 Å². The number of anilines is 2. The van der Waals surface area contributed by atoms with Gasteiger partial charge in [-0.05, 0) is 52.6 Å². The van der Waals surface area contributed by atoms with Crippen molar-refractivity contribution in [2.75, 3.05) is 42.9 Å². The number of aromatic nitrogens is 1. The van der Waals surface area contributed by atoms with Gasteiger partial charge in [0.25, 0.3) is 0 Å². The smallest absolute Gasteiger partial charge is 0.228 e. The van der Waals surface area contributed by atoms with E-state index < -0.39 is 0 Å². The van der Waals surface area contributed by atoms with Gasteiger partial charge in [-0.1, -0.05) is 52.8 Å². The van der Waals surface area contributed by atoms with E-state index in [0.29, 0.717) is 6.42 Å². The molecule has 2 aliphatic rings. The second kappa shape index (κ2) is 8.27. The van der Waals surface area contributed by atoms with E-state index in [-0.39, 0.29) is 16.7 Å². The molecular formula is C26H36N4O. The lowest BCUT2D eigenvalue weighted by Gasteiger charge is -2.37. The van der Waals surface area contributed by atoms with E-state index in [0.717, 1.165) is 56.2 Å². The van der Waals surface area contributed by atoms with Gasteiger partial charge in [0.2, 0.25) is 5.91 Å². The van der Waals surface area contributed by atoms with Crippen LogP contribution in [0.25, 0.3) is 0 Å². The third-order valence-electron chi connectivity index (χ3n) is 6.88. The van der Waals surface area contributed by atoms with Crippen molar-refractivity contribution >= 4 is 17.4 Å². The van der Waals surface area contributed by atoms with Crippen LogP contribution in [0.4, 0.5) is 11.5 Å². The molecule has 1 aromatic carbocycles. The highest BCUT2D eigenvalue weighted by Crippen LogP contribution is 2.33. The van der Waals surface area contributed by atoms with Crippen molar-refractivity contribution in [2.45, 2.75) is 58.3 Å². The fraction of sp³-hybridized carbons (Fsp3) is 0.538. The average Bonchev–Trinajstić information content (AvgIpc) is 3.11. The van der Waals surface area contributed by atoms with E-state index in [1.165, 1.54) is 11.1 Å². The van der Waals surface area contributed by atoms with E-state index in [9.17, 15) is 4.79 Å². The maximum absolute atomic E-state index is 11.7. The molecule has 5 nitrogen and oxygen atoms in total. The van der Waals surface area contributed by atoms with E-state index in [4.69, 9.17) is 4.98 Å². The normalized spacial score (nSPS) is 17.6. The predicted octanol–water partition coefficient (Wildman–Crippen LogP) is 4.36. The van der Waals surface area contributed by atoms with Crippen molar-refractivity contribution in [3.8, 4) is 0 Å². The molecule has 1 amide bonds. The number of pyridine rings is 1. The van der Waals surface area contributed by atoms with Crippen LogP contribution in [0.2, 0.25) is 0 Å². The first kappa shape index (κ1) is 21.8. The van der Waals surface area contributed by atoms with Gasteiger partial charge < -0.3 is 10.2 Å². The van der Waals surface area contributed by atoms with Gasteiger partial charge in [-0.2, -0.15) is 0 Å². The number of nitrogens with one attached hydrogen (secondary N) is 1. The highest BCUT2D eigenvalue weighted by molar-refractivity contribution is 5.99. The van der Waals surface area contributed by atoms with Crippen molar-refractivity contribution in [3.05, 3.63) is 53.2 Å². The molecule has 1 N–H and O–H groups in total. The van der Waals surface area contributed by atoms with Gasteiger partial charge >= 0.3 is 0 Å². The van der Waals surface area contributed by atoms with Gasteiger partial charge in [0.1, 0.15) is 5.82 Å². The molecule has 1 fully saturated rings. The first-order valence-corrected chi connectivity index (χ1v) is 11.5. The molecular weight excluding hydrogens is 384 g/mol. The second-order valence-corrected chi connectivity index (χ2v) is 10.7. The van der Waals surface area contributed by atoms with Crippen LogP contribution in [0, 0.1) is 0 Å². The number of carbonyl (C=O) groups is 1. The van der Waals surface area contributed by atoms with E-state index in [1.54, 1.807) is 0 Å². The van der Waals surface area contributed by atoms with Crippen LogP contribution in [0.5, 0.6) is 0 Å². The van der Waals surface area contributed by atoms with Gasteiger partial charge in [-0.3, -0.25) is 9.69 Å². The quantitative estimate of drug-likeness (QED) is 0.781. The summed E-state index contributed by atoms with van der Waals surface area (Å²) in [6.07, 6.45) is 3.64. The Morgan fingerprint density at radius 1 is 0.968 bits per heavy atom. The predicted molar refractivity (Wildman–Crippen MR) is 128 cm³/mol. The van der Waals surface area contributed by atoms with E-state index in [1.807, 2.05) is 6.20 Å². The molecule has 0 aliphatic carbocycles. The Morgan fingerprint density at radius 2 is 1.68 bits per heavy atom. The third-order valence-corrected chi connectivity index (χ3v) is 6.88. The molecule has 2 aliphatic heterocycles. The molecule has 1 saturated heterocycles. The first-order chi connectivity index (χ1) is 14.6. The number of nitrogens with zero attached hydrogens (tertiary/aromatic N) is 3. The molecule has 1 aromatic heterocycles. The Balaban J connectivity index is 1.30. The Bertz CT molecular complexity index is 935. The summed E-state index contributed by atoms with van der Waals surface area (Å²) in [5, 5.41) is 2.93. The molecule has 0 unspecified atom stereocenters. The van der Waals surface area contributed by atoms with E-state index >= 15 is 0 Å². The minimum absolute atomic E-state index is 0.0855. The summed E-state index contributed by atoms with van der Waals surface area (Å²) >= 11 is 0. The highest BCUT2D eigenvalue weighted by atomic mass is 16.1. The van der Waals surface area contributed by atoms with Crippen molar-refractivity contribution < 1.29 is 4.79 Å². The molecule has 0 spiro atoms. The minimum atomic E-state index is 0.0855. The lowest BCUT2D eigenvalue weighted by atomic mass is 9.80. The number of benzene rings is 1. The highest BCUT2D eigenvalue weighted by Gasteiger charge is 2.26. The molecule has 0 saturated carbocycles. The summed E-state index contributed by atoms with van der Waals surface area (Å²) in [5.41, 5.74) is 4.94. The third kappa shape index (κ3) is 4.93. The summed E-state index contributed by atoms with van der Waals surface area (Å²) < 4.78 is 0. The molecule has 0 radical (unpaired) electrons. The monoisotopic (exact) mass is 420 g/mol. The molecule has 0 atom stereocenters. The maximum Gasteiger partial charge on any atom is 0.228 e. The summed E-state index contributed by atoms with van der Waals surface area (Å²) in [4.78, 5) is 21.4. The van der Waals surface area contributed by atoms with E-state index in [2.05, 4.69) is 80.1 Å². The number of piperazine rings is 1. The molecule has 5 heteroatoms. The van der Waals surface area contributed by atoms with Crippen molar-refractivity contribution in [2.24, 2.45) is 0 Å². The number of hydrogen-bond donors (Lipinski definition) is 1. The fourth-order valence-corrected chi connectivity index (χ4v) is 4.45. The van der Waals surface area contributed by atoms with Crippen LogP contribution in [0.3, 0.4) is 0 Å². The molecule has 0 bridgehead atoms. The van der Waals surface area contributed by atoms with Crippen LogP contribution in [0.1, 0.15) is 57.7 Å². The number of rotatable bonds is 5. The van der Waals surface area contributed by atoms with Gasteiger partial charge in [0, 0.05) is 38.1 Å². The summed E-state index contributed by atoms with van der Waals surface area (Å²) in [7, 11) is 0. The summed E-state index contributed by atoms with van der Waals surface area (Å²) in [5.74, 6) is 1.19. The first-order valence-electron chi connectivity index (χ1n) is 11.5. The zero-order chi connectivity index (χ0) is 22.2. The van der Waals surface area contributed by atoms with Gasteiger partial charge in [0.05, 0.1) is 6.42 Å². The summed E-state index contributed by atoms with van der Waals surface area (Å²) in [6.45, 7) is 16.6. The fourth-order valence-electron chi connectivity index (χ4n) is 4.45. The van der Waals surface area contributed by atoms with Crippen molar-refractivity contribution in [1.82, 2.24) is 9.88 Å². The van der Waals surface area contributed by atoms with Gasteiger partial charge in [0.15, 0.2) is 0 Å². The molecule has 4 rings (SSSR count). The number of fused-ring (bicyclic) bond motifs is 1. The molecule has 166 valence electrons. The Labute approximate surface area is 186 Å². The van der Waals surface area contributed by atoms with Gasteiger partial charge in [-0.25, -0.2) is 4.98 Å². The lowest BCUT2D eigenvalue weighted by Crippen LogP contribution is -2.47. The SMILES string of the molecule is CC(C)(C)c1ccc(N2CCN(CCC(C)(C)c3ccc4c(c3)CC(=O)N4)CC2)nc1. The standard InChI is InChI=1S/C26H36N4O/c1-25(2,3)21-7-9-23(27-18-21)30-14-12-29(13-15-30)11-10-26(4,5)20-6-8-22-19(16-20)17-24(31)28-22/h6-9,16,18H,10-15,17H2,1-5H3,(H,28,31). The van der Waals surface area contributed by atoms with Crippen molar-refractivity contribution in [3.63, 3.8) is 0 Å². The second-order valence-electron chi connectivity index (χ2n) is 10.7. The Kier molecular flexibility index (Phi) is 5.82. The maximum atomic E-state index is 11.7. The zero-order valence-electron chi connectivity index (χ0n) is 19.7. The van der Waals surface area contributed by atoms with Crippen LogP contribution in [-0.2, 0) is 22.0 Å². The van der Waals surface area contributed by atoms with Crippen LogP contribution in [-0.4, -0.2) is 48.5 Å². The number of carbonyl (C=O) groups excluding carboxylic acids is 1. The minimum Gasteiger partial charge on any atom is -0.354 e. The molecule has 3 heterocycles. The van der Waals surface area contributed by atoms with Gasteiger partial charge in [-0.15, -0.1) is 0 Å². The Morgan fingerprint density at radius 3 is 2.32 bits per heavy atom. The zero-order valence-corrected chi connectivity index (χ0v) is 19.7. The van der Waals surface area contributed by atoms with Crippen LogP contribution < -0.4 is 10.2 Å². The lowest BCUT2D eigenvalue weighted by molar-refractivity contribution is -0.115. The largest absolute Gasteiger partial charge is 0.354 e. The molecule has 2 aromatic rings. The Hall–Kier alpha value is -2.40. The number of hydrogen-bond acceptors (Lipinski definition) is 4. The van der Waals surface area contributed by atoms with Crippen molar-refractivity contribution in [1.29, 1.82) is 0 Å². The summed E-state index contributed by atoms with van der Waals surface area (Å²) in [6, 6.07) is 10.9. The van der Waals surface area contributed by atoms with Crippen LogP contribution in [0.15, 0.2) is 36.5 Å². The van der Waals surface area contributed by atoms with Crippen LogP contribution >= 0.6 is 0 Å².